The van der Waals surface area contributed by atoms with E-state index in [-0.39, 0.29) is 0 Å². The first-order valence-corrected chi connectivity index (χ1v) is 7.18. The van der Waals surface area contributed by atoms with E-state index >= 15 is 0 Å². The predicted octanol–water partition coefficient (Wildman–Crippen LogP) is 2.44. The standard InChI is InChI=1S/C10H13N5S2/c1-2-3-11-9-5-12-8(4-13-9)6-16-10-15-14-7-17-10/h4-5,7H,2-3,6H2,1H3,(H,11,13). The summed E-state index contributed by atoms with van der Waals surface area (Å²) in [5.74, 6) is 1.60. The first-order valence-electron chi connectivity index (χ1n) is 5.32. The highest BCUT2D eigenvalue weighted by Gasteiger charge is 2.01. The van der Waals surface area contributed by atoms with Crippen LogP contribution in [0.3, 0.4) is 0 Å². The number of hydrogen-bond donors (Lipinski definition) is 1. The van der Waals surface area contributed by atoms with Crippen LogP contribution in [0.2, 0.25) is 0 Å². The molecule has 0 spiro atoms. The van der Waals surface area contributed by atoms with Crippen LogP contribution in [0.25, 0.3) is 0 Å². The monoisotopic (exact) mass is 267 g/mol. The Morgan fingerprint density at radius 2 is 2.29 bits per heavy atom. The Morgan fingerprint density at radius 1 is 1.35 bits per heavy atom. The Bertz CT molecular complexity index is 428. The molecule has 7 heteroatoms. The van der Waals surface area contributed by atoms with Gasteiger partial charge in [-0.3, -0.25) is 4.98 Å². The van der Waals surface area contributed by atoms with Crippen LogP contribution in [0.1, 0.15) is 19.0 Å². The molecule has 2 heterocycles. The first-order chi connectivity index (χ1) is 8.38. The van der Waals surface area contributed by atoms with Crippen molar-refractivity contribution in [3.05, 3.63) is 23.6 Å². The van der Waals surface area contributed by atoms with Gasteiger partial charge in [-0.25, -0.2) is 4.98 Å². The van der Waals surface area contributed by atoms with Crippen molar-refractivity contribution in [2.75, 3.05) is 11.9 Å². The molecule has 5 nitrogen and oxygen atoms in total. The summed E-state index contributed by atoms with van der Waals surface area (Å²) in [6.45, 7) is 3.04. The number of aromatic nitrogens is 4. The van der Waals surface area contributed by atoms with Crippen LogP contribution in [0.15, 0.2) is 22.2 Å². The predicted molar refractivity (Wildman–Crippen MR) is 70.3 cm³/mol. The fraction of sp³-hybridized carbons (Fsp3) is 0.400. The van der Waals surface area contributed by atoms with Gasteiger partial charge in [0.25, 0.3) is 0 Å². The van der Waals surface area contributed by atoms with Gasteiger partial charge in [0.2, 0.25) is 0 Å². The number of thioether (sulfide) groups is 1. The highest BCUT2D eigenvalue weighted by molar-refractivity contribution is 8.00. The molecule has 0 saturated carbocycles. The number of nitrogens with zero attached hydrogens (tertiary/aromatic N) is 4. The number of nitrogens with one attached hydrogen (secondary N) is 1. The summed E-state index contributed by atoms with van der Waals surface area (Å²) in [5, 5.41) is 10.9. The Labute approximate surface area is 108 Å². The molecule has 0 fully saturated rings. The van der Waals surface area contributed by atoms with Crippen LogP contribution in [0.5, 0.6) is 0 Å². The minimum atomic E-state index is 0.774. The summed E-state index contributed by atoms with van der Waals surface area (Å²) < 4.78 is 0.958. The molecule has 0 aliphatic heterocycles. The Balaban J connectivity index is 1.85. The van der Waals surface area contributed by atoms with Gasteiger partial charge in [-0.1, -0.05) is 30.0 Å². The van der Waals surface area contributed by atoms with Crippen LogP contribution in [0, 0.1) is 0 Å². The third-order valence-electron chi connectivity index (χ3n) is 1.95. The van der Waals surface area contributed by atoms with Gasteiger partial charge in [-0.05, 0) is 6.42 Å². The van der Waals surface area contributed by atoms with Gasteiger partial charge in [0.1, 0.15) is 11.3 Å². The summed E-state index contributed by atoms with van der Waals surface area (Å²) in [6, 6.07) is 0. The largest absolute Gasteiger partial charge is 0.369 e. The van der Waals surface area contributed by atoms with Gasteiger partial charge in [0, 0.05) is 12.3 Å². The molecule has 1 N–H and O–H groups in total. The van der Waals surface area contributed by atoms with Crippen molar-refractivity contribution < 1.29 is 0 Å². The van der Waals surface area contributed by atoms with Crippen molar-refractivity contribution in [2.24, 2.45) is 0 Å². The minimum Gasteiger partial charge on any atom is -0.369 e. The molecule has 17 heavy (non-hydrogen) atoms. The first kappa shape index (κ1) is 12.3. The summed E-state index contributed by atoms with van der Waals surface area (Å²) in [4.78, 5) is 8.64. The van der Waals surface area contributed by atoms with E-state index in [0.717, 1.165) is 34.6 Å². The van der Waals surface area contributed by atoms with Crippen molar-refractivity contribution >= 4 is 28.9 Å². The van der Waals surface area contributed by atoms with Gasteiger partial charge < -0.3 is 5.32 Å². The zero-order valence-corrected chi connectivity index (χ0v) is 11.1. The maximum absolute atomic E-state index is 4.34. The summed E-state index contributed by atoms with van der Waals surface area (Å²) in [6.07, 6.45) is 4.65. The molecule has 2 rings (SSSR count). The Hall–Kier alpha value is -1.21. The quantitative estimate of drug-likeness (QED) is 0.811. The van der Waals surface area contributed by atoms with E-state index < -0.39 is 0 Å². The highest BCUT2D eigenvalue weighted by atomic mass is 32.2. The summed E-state index contributed by atoms with van der Waals surface area (Å²) in [7, 11) is 0. The zero-order chi connectivity index (χ0) is 11.9. The third kappa shape index (κ3) is 3.94. The molecule has 0 aromatic carbocycles. The van der Waals surface area contributed by atoms with Crippen LogP contribution in [0.4, 0.5) is 5.82 Å². The van der Waals surface area contributed by atoms with Gasteiger partial charge in [-0.2, -0.15) is 0 Å². The van der Waals surface area contributed by atoms with Gasteiger partial charge in [-0.15, -0.1) is 10.2 Å². The molecule has 2 aromatic rings. The average molecular weight is 267 g/mol. The summed E-state index contributed by atoms with van der Waals surface area (Å²) >= 11 is 3.16. The Morgan fingerprint density at radius 3 is 2.94 bits per heavy atom. The van der Waals surface area contributed by atoms with Crippen LogP contribution in [-0.2, 0) is 5.75 Å². The van der Waals surface area contributed by atoms with Gasteiger partial charge in [0.15, 0.2) is 4.34 Å². The number of rotatable bonds is 6. The molecule has 2 aromatic heterocycles. The second-order valence-electron chi connectivity index (χ2n) is 3.31. The topological polar surface area (TPSA) is 63.6 Å². The van der Waals surface area contributed by atoms with E-state index in [2.05, 4.69) is 32.4 Å². The van der Waals surface area contributed by atoms with Gasteiger partial charge in [0.05, 0.1) is 18.1 Å². The highest BCUT2D eigenvalue weighted by Crippen LogP contribution is 2.22. The molecule has 90 valence electrons. The second kappa shape index (κ2) is 6.51. The third-order valence-corrected chi connectivity index (χ3v) is 3.84. The van der Waals surface area contributed by atoms with Crippen molar-refractivity contribution in [2.45, 2.75) is 23.4 Å². The van der Waals surface area contributed by atoms with Crippen LogP contribution >= 0.6 is 23.1 Å². The van der Waals surface area contributed by atoms with Crippen molar-refractivity contribution in [3.63, 3.8) is 0 Å². The number of hydrogen-bond acceptors (Lipinski definition) is 7. The van der Waals surface area contributed by atoms with E-state index in [4.69, 9.17) is 0 Å². The molecular weight excluding hydrogens is 254 g/mol. The van der Waals surface area contributed by atoms with Crippen molar-refractivity contribution in [1.82, 2.24) is 20.2 Å². The van der Waals surface area contributed by atoms with E-state index in [1.165, 1.54) is 11.3 Å². The molecule has 0 aliphatic rings. The van der Waals surface area contributed by atoms with E-state index in [1.807, 2.05) is 0 Å². The molecule has 0 saturated heterocycles. The Kier molecular flexibility index (Phi) is 4.69. The zero-order valence-electron chi connectivity index (χ0n) is 9.46. The van der Waals surface area contributed by atoms with Crippen LogP contribution in [-0.4, -0.2) is 26.7 Å². The molecular formula is C10H13N5S2. The molecule has 0 unspecified atom stereocenters. The summed E-state index contributed by atoms with van der Waals surface area (Å²) in [5.41, 5.74) is 2.68. The second-order valence-corrected chi connectivity index (χ2v) is 5.37. The SMILES string of the molecule is CCCNc1cnc(CSc2nncs2)cn1. The molecule has 0 atom stereocenters. The van der Waals surface area contributed by atoms with Gasteiger partial charge >= 0.3 is 0 Å². The average Bonchev–Trinajstić information content (AvgIpc) is 2.88. The number of anilines is 1. The smallest absolute Gasteiger partial charge is 0.174 e. The molecule has 0 radical (unpaired) electrons. The van der Waals surface area contributed by atoms with E-state index in [9.17, 15) is 0 Å². The molecule has 0 aliphatic carbocycles. The molecule has 0 amide bonds. The fourth-order valence-electron chi connectivity index (χ4n) is 1.14. The maximum Gasteiger partial charge on any atom is 0.174 e. The minimum absolute atomic E-state index is 0.774. The van der Waals surface area contributed by atoms with Crippen molar-refractivity contribution in [1.29, 1.82) is 0 Å². The van der Waals surface area contributed by atoms with Crippen LogP contribution < -0.4 is 5.32 Å². The lowest BCUT2D eigenvalue weighted by Gasteiger charge is -2.03. The maximum atomic E-state index is 4.34. The fourth-order valence-corrected chi connectivity index (χ4v) is 2.52. The lowest BCUT2D eigenvalue weighted by molar-refractivity contribution is 0.959. The van der Waals surface area contributed by atoms with Crippen molar-refractivity contribution in [3.8, 4) is 0 Å². The lowest BCUT2D eigenvalue weighted by atomic mass is 10.4. The molecule has 0 bridgehead atoms. The lowest BCUT2D eigenvalue weighted by Crippen LogP contribution is -2.02. The van der Waals surface area contributed by atoms with E-state index in [0.29, 0.717) is 0 Å². The normalized spacial score (nSPS) is 10.4. The van der Waals surface area contributed by atoms with E-state index in [1.54, 1.807) is 29.7 Å².